The van der Waals surface area contributed by atoms with E-state index in [0.717, 1.165) is 49.8 Å². The van der Waals surface area contributed by atoms with Crippen molar-refractivity contribution in [1.29, 1.82) is 0 Å². The Bertz CT molecular complexity index is 553. The zero-order valence-electron chi connectivity index (χ0n) is 13.0. The SMILES string of the molecule is CCCNc1nc(C)cn1CCCn1nc(C)cc1C. The average molecular weight is 275 g/mol. The second kappa shape index (κ2) is 6.59. The molecule has 1 N–H and O–H groups in total. The van der Waals surface area contributed by atoms with E-state index in [0.29, 0.717) is 0 Å². The molecule has 5 nitrogen and oxygen atoms in total. The van der Waals surface area contributed by atoms with Gasteiger partial charge in [-0.25, -0.2) is 4.98 Å². The highest BCUT2D eigenvalue weighted by Gasteiger charge is 2.05. The third kappa shape index (κ3) is 3.62. The molecular formula is C15H25N5. The maximum Gasteiger partial charge on any atom is 0.203 e. The molecule has 110 valence electrons. The number of anilines is 1. The van der Waals surface area contributed by atoms with Gasteiger partial charge in [0.25, 0.3) is 0 Å². The second-order valence-electron chi connectivity index (χ2n) is 5.33. The van der Waals surface area contributed by atoms with E-state index in [4.69, 9.17) is 0 Å². The Morgan fingerprint density at radius 1 is 1.15 bits per heavy atom. The molecule has 0 saturated heterocycles. The van der Waals surface area contributed by atoms with Crippen molar-refractivity contribution in [3.63, 3.8) is 0 Å². The van der Waals surface area contributed by atoms with Crippen molar-refractivity contribution < 1.29 is 0 Å². The molecule has 0 aliphatic carbocycles. The first kappa shape index (κ1) is 14.6. The number of imidazole rings is 1. The number of hydrogen-bond acceptors (Lipinski definition) is 3. The lowest BCUT2D eigenvalue weighted by Crippen LogP contribution is -2.10. The molecule has 0 amide bonds. The van der Waals surface area contributed by atoms with E-state index in [9.17, 15) is 0 Å². The molecule has 2 aromatic heterocycles. The van der Waals surface area contributed by atoms with Crippen molar-refractivity contribution in [1.82, 2.24) is 19.3 Å². The van der Waals surface area contributed by atoms with Gasteiger partial charge < -0.3 is 9.88 Å². The molecule has 0 radical (unpaired) electrons. The summed E-state index contributed by atoms with van der Waals surface area (Å²) >= 11 is 0. The topological polar surface area (TPSA) is 47.7 Å². The van der Waals surface area contributed by atoms with Crippen LogP contribution in [0, 0.1) is 20.8 Å². The number of aryl methyl sites for hydroxylation is 5. The predicted molar refractivity (Wildman–Crippen MR) is 82.1 cm³/mol. The third-order valence-electron chi connectivity index (χ3n) is 3.30. The molecule has 0 aromatic carbocycles. The van der Waals surface area contributed by atoms with E-state index in [1.807, 2.05) is 13.8 Å². The zero-order chi connectivity index (χ0) is 14.5. The number of hydrogen-bond donors (Lipinski definition) is 1. The van der Waals surface area contributed by atoms with Gasteiger partial charge in [0.15, 0.2) is 0 Å². The van der Waals surface area contributed by atoms with E-state index in [1.54, 1.807) is 0 Å². The number of rotatable bonds is 7. The van der Waals surface area contributed by atoms with Crippen molar-refractivity contribution in [3.05, 3.63) is 29.3 Å². The molecule has 0 saturated carbocycles. The summed E-state index contributed by atoms with van der Waals surface area (Å²) in [5.74, 6) is 0.984. The van der Waals surface area contributed by atoms with Crippen LogP contribution in [-0.2, 0) is 13.1 Å². The first-order chi connectivity index (χ1) is 9.60. The van der Waals surface area contributed by atoms with Crippen molar-refractivity contribution >= 4 is 5.95 Å². The van der Waals surface area contributed by atoms with Crippen LogP contribution in [0.5, 0.6) is 0 Å². The van der Waals surface area contributed by atoms with E-state index in [-0.39, 0.29) is 0 Å². The van der Waals surface area contributed by atoms with Gasteiger partial charge in [0, 0.05) is 31.5 Å². The van der Waals surface area contributed by atoms with Gasteiger partial charge in [0.1, 0.15) is 0 Å². The van der Waals surface area contributed by atoms with Gasteiger partial charge in [0.05, 0.1) is 11.4 Å². The summed E-state index contributed by atoms with van der Waals surface area (Å²) in [6.45, 7) is 11.2. The van der Waals surface area contributed by atoms with Crippen molar-refractivity contribution in [3.8, 4) is 0 Å². The standard InChI is InChI=1S/C15H25N5/c1-5-7-16-15-17-13(3)11-19(15)8-6-9-20-14(4)10-12(2)18-20/h10-11H,5-9H2,1-4H3,(H,16,17). The molecule has 0 aliphatic rings. The first-order valence-electron chi connectivity index (χ1n) is 7.39. The molecule has 0 aliphatic heterocycles. The Labute approximate surface area is 121 Å². The van der Waals surface area contributed by atoms with E-state index in [1.165, 1.54) is 5.69 Å². The highest BCUT2D eigenvalue weighted by atomic mass is 15.3. The quantitative estimate of drug-likeness (QED) is 0.845. The second-order valence-corrected chi connectivity index (χ2v) is 5.33. The van der Waals surface area contributed by atoms with Gasteiger partial charge in [-0.1, -0.05) is 6.92 Å². The van der Waals surface area contributed by atoms with Gasteiger partial charge in [0.2, 0.25) is 5.95 Å². The zero-order valence-corrected chi connectivity index (χ0v) is 13.0. The Morgan fingerprint density at radius 3 is 2.60 bits per heavy atom. The van der Waals surface area contributed by atoms with E-state index >= 15 is 0 Å². The monoisotopic (exact) mass is 275 g/mol. The molecule has 2 heterocycles. The average Bonchev–Trinajstić information content (AvgIpc) is 2.90. The van der Waals surface area contributed by atoms with Crippen LogP contribution in [0.2, 0.25) is 0 Å². The van der Waals surface area contributed by atoms with Crippen LogP contribution in [0.3, 0.4) is 0 Å². The Morgan fingerprint density at radius 2 is 1.95 bits per heavy atom. The summed E-state index contributed by atoms with van der Waals surface area (Å²) < 4.78 is 4.29. The fourth-order valence-electron chi connectivity index (χ4n) is 2.39. The fraction of sp³-hybridized carbons (Fsp3) is 0.600. The summed E-state index contributed by atoms with van der Waals surface area (Å²) in [6.07, 6.45) is 4.27. The van der Waals surface area contributed by atoms with Crippen molar-refractivity contribution in [2.45, 2.75) is 53.6 Å². The lowest BCUT2D eigenvalue weighted by atomic mass is 10.4. The third-order valence-corrected chi connectivity index (χ3v) is 3.30. The summed E-state index contributed by atoms with van der Waals surface area (Å²) in [4.78, 5) is 4.52. The van der Waals surface area contributed by atoms with Crippen LogP contribution in [0.4, 0.5) is 5.95 Å². The molecule has 0 bridgehead atoms. The van der Waals surface area contributed by atoms with Crippen LogP contribution in [0.1, 0.15) is 36.8 Å². The van der Waals surface area contributed by atoms with Gasteiger partial charge in [-0.05, 0) is 39.7 Å². The molecular weight excluding hydrogens is 250 g/mol. The maximum absolute atomic E-state index is 4.52. The molecule has 0 unspecified atom stereocenters. The van der Waals surface area contributed by atoms with Crippen LogP contribution in [0.15, 0.2) is 12.3 Å². The number of nitrogens with zero attached hydrogens (tertiary/aromatic N) is 4. The minimum atomic E-state index is 0.949. The summed E-state index contributed by atoms with van der Waals surface area (Å²) in [5, 5.41) is 7.87. The molecule has 20 heavy (non-hydrogen) atoms. The minimum Gasteiger partial charge on any atom is -0.356 e. The molecule has 0 fully saturated rings. The molecule has 0 spiro atoms. The van der Waals surface area contributed by atoms with Gasteiger partial charge >= 0.3 is 0 Å². The molecule has 2 aromatic rings. The van der Waals surface area contributed by atoms with Gasteiger partial charge in [-0.2, -0.15) is 5.10 Å². The highest BCUT2D eigenvalue weighted by molar-refractivity contribution is 5.28. The Balaban J connectivity index is 1.92. The van der Waals surface area contributed by atoms with E-state index < -0.39 is 0 Å². The molecule has 0 atom stereocenters. The number of aromatic nitrogens is 4. The highest BCUT2D eigenvalue weighted by Crippen LogP contribution is 2.10. The van der Waals surface area contributed by atoms with Crippen molar-refractivity contribution in [2.75, 3.05) is 11.9 Å². The van der Waals surface area contributed by atoms with Crippen LogP contribution in [-0.4, -0.2) is 25.9 Å². The predicted octanol–water partition coefficient (Wildman–Crippen LogP) is 2.92. The smallest absolute Gasteiger partial charge is 0.203 e. The lowest BCUT2D eigenvalue weighted by Gasteiger charge is -2.09. The lowest BCUT2D eigenvalue weighted by molar-refractivity contribution is 0.518. The van der Waals surface area contributed by atoms with Crippen LogP contribution in [0.25, 0.3) is 0 Å². The largest absolute Gasteiger partial charge is 0.356 e. The van der Waals surface area contributed by atoms with Gasteiger partial charge in [-0.3, -0.25) is 4.68 Å². The van der Waals surface area contributed by atoms with Gasteiger partial charge in [-0.15, -0.1) is 0 Å². The fourth-order valence-corrected chi connectivity index (χ4v) is 2.39. The van der Waals surface area contributed by atoms with Crippen molar-refractivity contribution in [2.24, 2.45) is 0 Å². The summed E-state index contributed by atoms with van der Waals surface area (Å²) in [5.41, 5.74) is 3.38. The maximum atomic E-state index is 4.52. The summed E-state index contributed by atoms with van der Waals surface area (Å²) in [7, 11) is 0. The van der Waals surface area contributed by atoms with Crippen LogP contribution >= 0.6 is 0 Å². The minimum absolute atomic E-state index is 0.949. The normalized spacial score (nSPS) is 11.0. The Kier molecular flexibility index (Phi) is 4.82. The number of nitrogens with one attached hydrogen (secondary N) is 1. The first-order valence-corrected chi connectivity index (χ1v) is 7.39. The summed E-state index contributed by atoms with van der Waals surface area (Å²) in [6, 6.07) is 2.12. The molecule has 5 heteroatoms. The van der Waals surface area contributed by atoms with Crippen LogP contribution < -0.4 is 5.32 Å². The Hall–Kier alpha value is -1.78. The molecule has 2 rings (SSSR count). The van der Waals surface area contributed by atoms with E-state index in [2.05, 4.69) is 50.8 Å².